The molecule has 51 heavy (non-hydrogen) atoms. The number of halogens is 2. The Kier molecular flexibility index (Phi) is 10.8. The molecule has 10 heteroatoms. The van der Waals surface area contributed by atoms with Gasteiger partial charge in [-0.05, 0) is 74.8 Å². The van der Waals surface area contributed by atoms with Gasteiger partial charge in [0, 0.05) is 90.2 Å². The molecule has 4 aromatic rings. The van der Waals surface area contributed by atoms with Gasteiger partial charge in [-0.1, -0.05) is 31.9 Å². The molecule has 2 aromatic carbocycles. The summed E-state index contributed by atoms with van der Waals surface area (Å²) in [5.74, 6) is 2.70. The van der Waals surface area contributed by atoms with Crippen LogP contribution < -0.4 is 20.8 Å². The minimum Gasteiger partial charge on any atom is -0.371 e. The van der Waals surface area contributed by atoms with Gasteiger partial charge < -0.3 is 15.1 Å². The molecule has 4 heterocycles. The lowest BCUT2D eigenvalue weighted by Crippen LogP contribution is -2.47. The van der Waals surface area contributed by atoms with E-state index in [2.05, 4.69) is 84.0 Å². The molecule has 2 saturated heterocycles. The van der Waals surface area contributed by atoms with Gasteiger partial charge >= 0.3 is 0 Å². The van der Waals surface area contributed by atoms with E-state index in [1.807, 2.05) is 25.1 Å². The van der Waals surface area contributed by atoms with Crippen LogP contribution in [0.5, 0.6) is 0 Å². The summed E-state index contributed by atoms with van der Waals surface area (Å²) < 4.78 is 26.6. The number of H-pyrrole nitrogens is 1. The first kappa shape index (κ1) is 35.3. The van der Waals surface area contributed by atoms with Crippen LogP contribution in [0, 0.1) is 29.4 Å². The molecule has 0 radical (unpaired) electrons. The maximum absolute atomic E-state index is 13.4. The lowest BCUT2D eigenvalue weighted by molar-refractivity contribution is 0.253. The molecule has 1 unspecified atom stereocenters. The van der Waals surface area contributed by atoms with Crippen LogP contribution in [-0.2, 0) is 0 Å². The molecule has 0 amide bonds. The van der Waals surface area contributed by atoms with Crippen molar-refractivity contribution >= 4 is 18.3 Å². The van der Waals surface area contributed by atoms with E-state index in [0.29, 0.717) is 24.4 Å². The SMILES string of the molecule is C#CCC1(C(=C)N/C(C)=C/C/C=c2/[nH]nc(-c3ccc(F)cc3)c2=C)CCN(CC(=C)N2CCN(c3ccc(-c4ncc(F)cn4)cc3)CC2)C1. The highest BCUT2D eigenvalue weighted by Gasteiger charge is 2.40. The molecule has 0 bridgehead atoms. The smallest absolute Gasteiger partial charge is 0.159 e. The Morgan fingerprint density at radius 1 is 0.980 bits per heavy atom. The van der Waals surface area contributed by atoms with Gasteiger partial charge in [0.05, 0.1) is 23.4 Å². The number of aromatic nitrogens is 4. The summed E-state index contributed by atoms with van der Waals surface area (Å²) >= 11 is 0. The van der Waals surface area contributed by atoms with Crippen molar-refractivity contribution in [2.75, 3.05) is 50.7 Å². The second kappa shape index (κ2) is 15.6. The first-order chi connectivity index (χ1) is 24.6. The third-order valence-corrected chi connectivity index (χ3v) is 9.87. The molecule has 0 spiro atoms. The first-order valence-corrected chi connectivity index (χ1v) is 17.2. The highest BCUT2D eigenvalue weighted by Crippen LogP contribution is 2.39. The number of benzene rings is 2. The van der Waals surface area contributed by atoms with Crippen molar-refractivity contribution < 1.29 is 8.78 Å². The number of piperazine rings is 1. The predicted octanol–water partition coefficient (Wildman–Crippen LogP) is 5.45. The number of nitrogens with one attached hydrogen (secondary N) is 2. The third-order valence-electron chi connectivity index (χ3n) is 9.87. The minimum absolute atomic E-state index is 0.231. The van der Waals surface area contributed by atoms with E-state index in [1.165, 1.54) is 24.5 Å². The number of terminal acetylenes is 1. The van der Waals surface area contributed by atoms with Crippen molar-refractivity contribution in [2.24, 2.45) is 5.41 Å². The topological polar surface area (TPSA) is 76.2 Å². The van der Waals surface area contributed by atoms with Crippen molar-refractivity contribution in [1.82, 2.24) is 35.3 Å². The van der Waals surface area contributed by atoms with E-state index in [1.54, 1.807) is 12.1 Å². The zero-order valence-electron chi connectivity index (χ0n) is 29.1. The Labute approximate surface area is 298 Å². The molecule has 2 fully saturated rings. The molecule has 262 valence electrons. The van der Waals surface area contributed by atoms with Crippen LogP contribution in [0.15, 0.2) is 97.2 Å². The number of hydrogen-bond donors (Lipinski definition) is 2. The second-order valence-electron chi connectivity index (χ2n) is 13.3. The number of nitrogens with zero attached hydrogens (tertiary/aromatic N) is 6. The fourth-order valence-electron chi connectivity index (χ4n) is 6.88. The summed E-state index contributed by atoms with van der Waals surface area (Å²) in [6.45, 7) is 21.2. The van der Waals surface area contributed by atoms with Crippen molar-refractivity contribution in [2.45, 2.75) is 26.2 Å². The monoisotopic (exact) mass is 686 g/mol. The van der Waals surface area contributed by atoms with Gasteiger partial charge in [-0.3, -0.25) is 10.00 Å². The summed E-state index contributed by atoms with van der Waals surface area (Å²) in [6.07, 6.45) is 14.6. The third kappa shape index (κ3) is 8.27. The van der Waals surface area contributed by atoms with E-state index in [0.717, 1.165) is 96.7 Å². The molecular weight excluding hydrogens is 643 g/mol. The average molecular weight is 687 g/mol. The van der Waals surface area contributed by atoms with Gasteiger partial charge in [0.1, 0.15) is 5.82 Å². The van der Waals surface area contributed by atoms with E-state index >= 15 is 0 Å². The standard InChI is InChI=1S/C41H44F2N8/c1-6-18-41(32(5)46-29(2)8-7-9-38-31(4)39(48-47-38)33-10-14-35(42)15-11-33)19-20-49(28-41)27-30(3)50-21-23-51(24-22-50)37-16-12-34(13-17-37)40-44-25-36(43)26-45-40/h1,8-17,25-26,46-47H,3-5,7,18-24,27-28H2,2H3/b29-8+,38-9+. The van der Waals surface area contributed by atoms with Gasteiger partial charge in [0.2, 0.25) is 0 Å². The molecule has 2 N–H and O–H groups in total. The van der Waals surface area contributed by atoms with Crippen molar-refractivity contribution in [1.29, 1.82) is 0 Å². The second-order valence-corrected chi connectivity index (χ2v) is 13.3. The Morgan fingerprint density at radius 2 is 1.67 bits per heavy atom. The van der Waals surface area contributed by atoms with Crippen LogP contribution in [0.25, 0.3) is 35.3 Å². The number of allylic oxidation sites excluding steroid dienone is 2. The van der Waals surface area contributed by atoms with Gasteiger partial charge in [0.25, 0.3) is 0 Å². The Hall–Kier alpha value is -5.53. The lowest BCUT2D eigenvalue weighted by Gasteiger charge is -2.39. The highest BCUT2D eigenvalue weighted by molar-refractivity contribution is 5.61. The number of likely N-dealkylation sites (tertiary alicyclic amines) is 1. The van der Waals surface area contributed by atoms with Crippen LogP contribution in [-0.4, -0.2) is 75.8 Å². The molecule has 0 aliphatic carbocycles. The summed E-state index contributed by atoms with van der Waals surface area (Å²) in [5.41, 5.74) is 6.35. The summed E-state index contributed by atoms with van der Waals surface area (Å²) in [6, 6.07) is 14.4. The van der Waals surface area contributed by atoms with Crippen molar-refractivity contribution in [3.63, 3.8) is 0 Å². The van der Waals surface area contributed by atoms with Crippen LogP contribution in [0.4, 0.5) is 14.5 Å². The Balaban J connectivity index is 0.992. The number of hydrogen-bond acceptors (Lipinski definition) is 7. The molecule has 0 saturated carbocycles. The van der Waals surface area contributed by atoms with E-state index in [9.17, 15) is 8.78 Å². The molecule has 6 rings (SSSR count). The van der Waals surface area contributed by atoms with Crippen LogP contribution in [0.1, 0.15) is 26.2 Å². The highest BCUT2D eigenvalue weighted by atomic mass is 19.1. The zero-order valence-corrected chi connectivity index (χ0v) is 29.1. The predicted molar refractivity (Wildman–Crippen MR) is 201 cm³/mol. The van der Waals surface area contributed by atoms with Gasteiger partial charge in [-0.2, -0.15) is 5.10 Å². The lowest BCUT2D eigenvalue weighted by atomic mass is 9.80. The summed E-state index contributed by atoms with van der Waals surface area (Å²) in [4.78, 5) is 15.4. The van der Waals surface area contributed by atoms with Gasteiger partial charge in [-0.25, -0.2) is 18.7 Å². The number of rotatable bonds is 12. The number of aromatic amines is 1. The molecule has 2 aromatic heterocycles. The summed E-state index contributed by atoms with van der Waals surface area (Å²) in [7, 11) is 0. The van der Waals surface area contributed by atoms with Crippen molar-refractivity contribution in [3.8, 4) is 35.0 Å². The fraction of sp³-hybridized carbons (Fsp3) is 0.293. The zero-order chi connectivity index (χ0) is 36.0. The largest absolute Gasteiger partial charge is 0.371 e. The first-order valence-electron chi connectivity index (χ1n) is 17.2. The fourth-order valence-corrected chi connectivity index (χ4v) is 6.88. The van der Waals surface area contributed by atoms with E-state index in [-0.39, 0.29) is 11.2 Å². The maximum Gasteiger partial charge on any atom is 0.159 e. The van der Waals surface area contributed by atoms with Gasteiger partial charge in [-0.15, -0.1) is 12.3 Å². The quantitative estimate of drug-likeness (QED) is 0.192. The van der Waals surface area contributed by atoms with Gasteiger partial charge in [0.15, 0.2) is 11.6 Å². The van der Waals surface area contributed by atoms with E-state index in [4.69, 9.17) is 6.42 Å². The van der Waals surface area contributed by atoms with Crippen LogP contribution in [0.2, 0.25) is 0 Å². The normalized spacial score (nSPS) is 18.5. The Bertz CT molecular complexity index is 2040. The molecular formula is C41H44F2N8. The van der Waals surface area contributed by atoms with Crippen LogP contribution in [0.3, 0.4) is 0 Å². The van der Waals surface area contributed by atoms with Crippen molar-refractivity contribution in [3.05, 3.63) is 119 Å². The van der Waals surface area contributed by atoms with Crippen LogP contribution >= 0.6 is 0 Å². The maximum atomic E-state index is 13.4. The Morgan fingerprint density at radius 3 is 2.35 bits per heavy atom. The minimum atomic E-state index is -0.445. The molecule has 2 aliphatic rings. The number of anilines is 1. The molecule has 2 aliphatic heterocycles. The van der Waals surface area contributed by atoms with E-state index < -0.39 is 5.82 Å². The summed E-state index contributed by atoms with van der Waals surface area (Å²) in [5, 5.41) is 12.6. The average Bonchev–Trinajstić information content (AvgIpc) is 3.72. The molecule has 8 nitrogen and oxygen atoms in total. The molecule has 1 atom stereocenters.